The monoisotopic (exact) mass is 405 g/mol. The average molecular weight is 406 g/mol. The van der Waals surface area contributed by atoms with Crippen molar-refractivity contribution in [2.75, 3.05) is 0 Å². The molecule has 0 saturated heterocycles. The molecule has 0 radical (unpaired) electrons. The van der Waals surface area contributed by atoms with Gasteiger partial charge < -0.3 is 14.9 Å². The van der Waals surface area contributed by atoms with Crippen molar-refractivity contribution in [2.24, 2.45) is 0 Å². The van der Waals surface area contributed by atoms with Crippen LogP contribution in [-0.2, 0) is 6.42 Å². The van der Waals surface area contributed by atoms with Gasteiger partial charge in [-0.1, -0.05) is 41.9 Å². The van der Waals surface area contributed by atoms with Gasteiger partial charge in [-0.05, 0) is 18.2 Å². The fraction of sp³-hybridized carbons (Fsp3) is 0.0476. The molecule has 0 amide bonds. The predicted molar refractivity (Wildman–Crippen MR) is 110 cm³/mol. The molecule has 144 valence electrons. The molecule has 4 aromatic rings. The first-order valence-electron chi connectivity index (χ1n) is 8.97. The highest BCUT2D eigenvalue weighted by atomic mass is 35.5. The summed E-state index contributed by atoms with van der Waals surface area (Å²) in [6, 6.07) is 13.4. The number of hydrogen-bond donors (Lipinski definition) is 3. The maximum atomic E-state index is 10.9. The van der Waals surface area contributed by atoms with E-state index in [9.17, 15) is 5.11 Å². The summed E-state index contributed by atoms with van der Waals surface area (Å²) < 4.78 is 7.06. The lowest BCUT2D eigenvalue weighted by atomic mass is 10.1. The number of hydrazine groups is 1. The van der Waals surface area contributed by atoms with Gasteiger partial charge in [-0.3, -0.25) is 9.83 Å². The number of allylic oxidation sites excluding steroid dienone is 2. The van der Waals surface area contributed by atoms with E-state index in [1.165, 1.54) is 0 Å². The number of aromatic nitrogens is 3. The number of halogens is 1. The molecule has 0 fully saturated rings. The second-order valence-corrected chi connectivity index (χ2v) is 6.94. The Morgan fingerprint density at radius 2 is 1.97 bits per heavy atom. The minimum Gasteiger partial charge on any atom is -0.493 e. The Morgan fingerprint density at radius 3 is 2.72 bits per heavy atom. The minimum atomic E-state index is 0.0507. The van der Waals surface area contributed by atoms with E-state index in [4.69, 9.17) is 21.0 Å². The fourth-order valence-electron chi connectivity index (χ4n) is 3.25. The molecule has 3 aromatic heterocycles. The van der Waals surface area contributed by atoms with Gasteiger partial charge in [0.25, 0.3) is 0 Å². The highest BCUT2D eigenvalue weighted by molar-refractivity contribution is 6.30. The van der Waals surface area contributed by atoms with Crippen molar-refractivity contribution in [3.05, 3.63) is 89.5 Å². The molecule has 5 rings (SSSR count). The third kappa shape index (κ3) is 3.21. The number of hydrogen-bond acceptors (Lipinski definition) is 6. The summed E-state index contributed by atoms with van der Waals surface area (Å²) >= 11 is 6.13. The van der Waals surface area contributed by atoms with Crippen LogP contribution in [0.5, 0.6) is 5.88 Å². The summed E-state index contributed by atoms with van der Waals surface area (Å²) in [6.07, 6.45) is 7.26. The molecular weight excluding hydrogens is 390 g/mol. The molecule has 1 aliphatic rings. The molecular formula is C21H16ClN5O2. The average Bonchev–Trinajstić information content (AvgIpc) is 3.37. The number of imidazole rings is 1. The van der Waals surface area contributed by atoms with Crippen LogP contribution in [0.2, 0.25) is 0 Å². The molecule has 0 bridgehead atoms. The van der Waals surface area contributed by atoms with E-state index in [1.54, 1.807) is 35.2 Å². The van der Waals surface area contributed by atoms with Gasteiger partial charge in [0.15, 0.2) is 5.65 Å². The molecule has 1 aromatic carbocycles. The molecule has 0 saturated carbocycles. The van der Waals surface area contributed by atoms with Crippen molar-refractivity contribution in [3.63, 3.8) is 0 Å². The number of rotatable bonds is 4. The summed E-state index contributed by atoms with van der Waals surface area (Å²) in [6.45, 7) is 0. The minimum absolute atomic E-state index is 0.0507. The molecule has 1 aliphatic heterocycles. The van der Waals surface area contributed by atoms with Gasteiger partial charge in [0.1, 0.15) is 22.3 Å². The molecule has 29 heavy (non-hydrogen) atoms. The SMILES string of the molecule is Oc1c(Cc2ccco2)nc2c(C3=CNNC(Cl)=C3)nc(-c3ccccc3)cn12. The van der Waals surface area contributed by atoms with Crippen LogP contribution in [0.4, 0.5) is 0 Å². The van der Waals surface area contributed by atoms with Gasteiger partial charge in [-0.15, -0.1) is 0 Å². The Balaban J connectivity index is 1.73. The summed E-state index contributed by atoms with van der Waals surface area (Å²) in [5, 5.41) is 11.3. The molecule has 0 aliphatic carbocycles. The van der Waals surface area contributed by atoms with Gasteiger partial charge in [-0.2, -0.15) is 0 Å². The first-order valence-corrected chi connectivity index (χ1v) is 9.35. The largest absolute Gasteiger partial charge is 0.493 e. The highest BCUT2D eigenvalue weighted by Gasteiger charge is 2.20. The number of nitrogens with one attached hydrogen (secondary N) is 2. The molecule has 0 unspecified atom stereocenters. The number of benzene rings is 1. The van der Waals surface area contributed by atoms with Crippen LogP contribution in [0.25, 0.3) is 22.5 Å². The summed E-state index contributed by atoms with van der Waals surface area (Å²) in [5.41, 5.74) is 9.70. The van der Waals surface area contributed by atoms with E-state index in [0.717, 1.165) is 11.1 Å². The molecule has 8 heteroatoms. The van der Waals surface area contributed by atoms with Crippen LogP contribution >= 0.6 is 11.6 Å². The van der Waals surface area contributed by atoms with E-state index in [-0.39, 0.29) is 5.88 Å². The first-order chi connectivity index (χ1) is 14.2. The predicted octanol–water partition coefficient (Wildman–Crippen LogP) is 3.81. The number of fused-ring (bicyclic) bond motifs is 1. The van der Waals surface area contributed by atoms with Crippen molar-refractivity contribution in [2.45, 2.75) is 6.42 Å². The van der Waals surface area contributed by atoms with Crippen molar-refractivity contribution in [3.8, 4) is 17.1 Å². The molecule has 0 atom stereocenters. The number of aromatic hydroxyl groups is 1. The summed E-state index contributed by atoms with van der Waals surface area (Å²) in [7, 11) is 0. The Kier molecular flexibility index (Phi) is 4.22. The first kappa shape index (κ1) is 17.4. The van der Waals surface area contributed by atoms with Gasteiger partial charge in [0.2, 0.25) is 5.88 Å². The van der Waals surface area contributed by atoms with Crippen molar-refractivity contribution in [1.29, 1.82) is 0 Å². The van der Waals surface area contributed by atoms with Crippen LogP contribution in [0.3, 0.4) is 0 Å². The maximum absolute atomic E-state index is 10.9. The standard InChI is InChI=1S/C21H16ClN5O2/c22-18-9-14(11-23-26-18)19-20-25-16(10-15-7-4-8-29-15)21(28)27(20)12-17(24-19)13-5-2-1-3-6-13/h1-9,11-12,23,26,28H,10H2. The zero-order chi connectivity index (χ0) is 19.8. The third-order valence-corrected chi connectivity index (χ3v) is 4.82. The normalized spacial score (nSPS) is 13.6. The molecule has 3 N–H and O–H groups in total. The highest BCUT2D eigenvalue weighted by Crippen LogP contribution is 2.31. The second-order valence-electron chi connectivity index (χ2n) is 6.53. The number of furan rings is 1. The van der Waals surface area contributed by atoms with Gasteiger partial charge in [-0.25, -0.2) is 9.97 Å². The van der Waals surface area contributed by atoms with Crippen LogP contribution in [0.1, 0.15) is 17.1 Å². The lowest BCUT2D eigenvalue weighted by Crippen LogP contribution is -2.26. The van der Waals surface area contributed by atoms with Crippen molar-refractivity contribution in [1.82, 2.24) is 25.2 Å². The van der Waals surface area contributed by atoms with E-state index in [0.29, 0.717) is 40.1 Å². The fourth-order valence-corrected chi connectivity index (χ4v) is 3.43. The molecule has 0 spiro atoms. The summed E-state index contributed by atoms with van der Waals surface area (Å²) in [4.78, 5) is 9.47. The van der Waals surface area contributed by atoms with Gasteiger partial charge >= 0.3 is 0 Å². The van der Waals surface area contributed by atoms with Crippen LogP contribution in [-0.4, -0.2) is 19.5 Å². The number of nitrogens with zero attached hydrogens (tertiary/aromatic N) is 3. The van der Waals surface area contributed by atoms with Gasteiger partial charge in [0.05, 0.1) is 18.4 Å². The van der Waals surface area contributed by atoms with E-state index in [2.05, 4.69) is 15.8 Å². The van der Waals surface area contributed by atoms with E-state index in [1.807, 2.05) is 36.4 Å². The maximum Gasteiger partial charge on any atom is 0.219 e. The Hall–Kier alpha value is -3.71. The lowest BCUT2D eigenvalue weighted by molar-refractivity contribution is 0.438. The van der Waals surface area contributed by atoms with Crippen LogP contribution in [0.15, 0.2) is 76.8 Å². The molecule has 4 heterocycles. The lowest BCUT2D eigenvalue weighted by Gasteiger charge is -2.14. The zero-order valence-corrected chi connectivity index (χ0v) is 15.9. The van der Waals surface area contributed by atoms with Crippen LogP contribution < -0.4 is 10.9 Å². The Morgan fingerprint density at radius 1 is 1.10 bits per heavy atom. The molecule has 7 nitrogen and oxygen atoms in total. The van der Waals surface area contributed by atoms with E-state index >= 15 is 0 Å². The summed E-state index contributed by atoms with van der Waals surface area (Å²) in [5.74, 6) is 0.766. The Labute approximate surface area is 171 Å². The quantitative estimate of drug-likeness (QED) is 0.447. The third-order valence-electron chi connectivity index (χ3n) is 4.62. The van der Waals surface area contributed by atoms with E-state index < -0.39 is 0 Å². The van der Waals surface area contributed by atoms with Crippen molar-refractivity contribution < 1.29 is 9.52 Å². The van der Waals surface area contributed by atoms with Crippen molar-refractivity contribution >= 4 is 22.8 Å². The second kappa shape index (κ2) is 7.03. The topological polar surface area (TPSA) is 87.6 Å². The van der Waals surface area contributed by atoms with Gasteiger partial charge in [0, 0.05) is 23.5 Å². The Bertz CT molecular complexity index is 1240. The zero-order valence-electron chi connectivity index (χ0n) is 15.1. The smallest absolute Gasteiger partial charge is 0.219 e. The van der Waals surface area contributed by atoms with Crippen LogP contribution in [0, 0.1) is 0 Å².